The summed E-state index contributed by atoms with van der Waals surface area (Å²) < 4.78 is 11.2. The zero-order valence-corrected chi connectivity index (χ0v) is 12.8. The van der Waals surface area contributed by atoms with Crippen LogP contribution in [0.2, 0.25) is 0 Å². The minimum Gasteiger partial charge on any atom is -0.493 e. The first-order valence-electron chi connectivity index (χ1n) is 5.90. The highest BCUT2D eigenvalue weighted by Crippen LogP contribution is 2.34. The molecule has 3 aromatic rings. The van der Waals surface area contributed by atoms with E-state index in [-0.39, 0.29) is 0 Å². The molecule has 1 aromatic carbocycles. The normalized spacial score (nSPS) is 10.6. The predicted molar refractivity (Wildman–Crippen MR) is 83.2 cm³/mol. The summed E-state index contributed by atoms with van der Waals surface area (Å²) in [5.74, 6) is 1.85. The van der Waals surface area contributed by atoms with Crippen molar-refractivity contribution in [3.05, 3.63) is 22.4 Å². The number of aromatic nitrogens is 4. The molecule has 2 N–H and O–H groups in total. The number of H-pyrrole nitrogens is 1. The molecule has 0 aliphatic heterocycles. The van der Waals surface area contributed by atoms with Gasteiger partial charge in [-0.3, -0.25) is 5.10 Å². The second-order valence-corrected chi connectivity index (χ2v) is 5.66. The first kappa shape index (κ1) is 13.7. The minimum absolute atomic E-state index is 0.593. The summed E-state index contributed by atoms with van der Waals surface area (Å²) in [5.41, 5.74) is 0.740. The molecule has 0 saturated heterocycles. The number of benzene rings is 1. The van der Waals surface area contributed by atoms with Gasteiger partial charge in [0.15, 0.2) is 15.5 Å². The highest BCUT2D eigenvalue weighted by Gasteiger charge is 2.11. The van der Waals surface area contributed by atoms with Crippen LogP contribution in [-0.4, -0.2) is 34.4 Å². The second kappa shape index (κ2) is 5.62. The van der Waals surface area contributed by atoms with Gasteiger partial charge >= 0.3 is 0 Å². The van der Waals surface area contributed by atoms with E-state index in [0.29, 0.717) is 26.4 Å². The lowest BCUT2D eigenvalue weighted by molar-refractivity contribution is 0.356. The van der Waals surface area contributed by atoms with E-state index in [2.05, 4.69) is 25.5 Å². The number of methoxy groups -OCH3 is 2. The van der Waals surface area contributed by atoms with Crippen molar-refractivity contribution in [3.63, 3.8) is 0 Å². The average Bonchev–Trinajstić information content (AvgIpc) is 2.91. The quantitative estimate of drug-likeness (QED) is 0.715. The number of ether oxygens (including phenoxy) is 2. The van der Waals surface area contributed by atoms with Gasteiger partial charge in [-0.2, -0.15) is 0 Å². The molecule has 0 aliphatic carbocycles. The molecule has 9 heteroatoms. The summed E-state index contributed by atoms with van der Waals surface area (Å²) in [4.78, 5) is 8.48. The van der Waals surface area contributed by atoms with Crippen molar-refractivity contribution in [2.75, 3.05) is 19.5 Å². The fourth-order valence-corrected chi connectivity index (χ4v) is 2.66. The van der Waals surface area contributed by atoms with Crippen LogP contribution < -0.4 is 14.8 Å². The number of aromatic amines is 1. The summed E-state index contributed by atoms with van der Waals surface area (Å²) >= 11 is 6.34. The number of hydrogen-bond acceptors (Lipinski definition) is 8. The summed E-state index contributed by atoms with van der Waals surface area (Å²) in [6, 6.07) is 3.62. The highest BCUT2D eigenvalue weighted by molar-refractivity contribution is 7.73. The van der Waals surface area contributed by atoms with Crippen molar-refractivity contribution in [3.8, 4) is 11.5 Å². The fourth-order valence-electron chi connectivity index (χ4n) is 1.87. The molecular weight excluding hydrogens is 310 g/mol. The molecule has 0 spiro atoms. The Hall–Kier alpha value is -2.26. The van der Waals surface area contributed by atoms with Crippen molar-refractivity contribution < 1.29 is 9.47 Å². The number of nitrogens with zero attached hydrogens (tertiary/aromatic N) is 3. The zero-order chi connectivity index (χ0) is 14.8. The maximum Gasteiger partial charge on any atom is 0.209 e. The molecule has 108 valence electrons. The van der Waals surface area contributed by atoms with E-state index < -0.39 is 0 Å². The van der Waals surface area contributed by atoms with Crippen LogP contribution in [0.1, 0.15) is 0 Å². The van der Waals surface area contributed by atoms with Crippen LogP contribution in [-0.2, 0) is 0 Å². The Morgan fingerprint density at radius 2 is 1.95 bits per heavy atom. The predicted octanol–water partition coefficient (Wildman–Crippen LogP) is 2.90. The lowest BCUT2D eigenvalue weighted by Gasteiger charge is -2.10. The van der Waals surface area contributed by atoms with Crippen LogP contribution in [0.3, 0.4) is 0 Å². The monoisotopic (exact) mass is 321 g/mol. The number of rotatable bonds is 4. The Bertz CT molecular complexity index is 845. The van der Waals surface area contributed by atoms with Gasteiger partial charge in [0.1, 0.15) is 12.1 Å². The Balaban J connectivity index is 2.12. The van der Waals surface area contributed by atoms with Gasteiger partial charge in [0.05, 0.1) is 19.7 Å². The van der Waals surface area contributed by atoms with Crippen molar-refractivity contribution in [2.24, 2.45) is 0 Å². The van der Waals surface area contributed by atoms with Gasteiger partial charge in [-0.1, -0.05) is 11.3 Å². The van der Waals surface area contributed by atoms with Gasteiger partial charge in [0, 0.05) is 11.5 Å². The van der Waals surface area contributed by atoms with Crippen molar-refractivity contribution in [1.29, 1.82) is 0 Å². The van der Waals surface area contributed by atoms with Crippen LogP contribution in [0.25, 0.3) is 10.9 Å². The van der Waals surface area contributed by atoms with Crippen molar-refractivity contribution in [1.82, 2.24) is 20.2 Å². The highest BCUT2D eigenvalue weighted by atomic mass is 32.1. The van der Waals surface area contributed by atoms with E-state index >= 15 is 0 Å². The summed E-state index contributed by atoms with van der Waals surface area (Å²) in [6.07, 6.45) is 1.47. The van der Waals surface area contributed by atoms with Crippen LogP contribution in [0.15, 0.2) is 18.5 Å². The van der Waals surface area contributed by atoms with Crippen LogP contribution in [0.5, 0.6) is 11.5 Å². The van der Waals surface area contributed by atoms with Gasteiger partial charge in [0.25, 0.3) is 0 Å². The summed E-state index contributed by atoms with van der Waals surface area (Å²) in [5, 5.41) is 11.3. The number of nitrogens with one attached hydrogen (secondary N) is 2. The third kappa shape index (κ3) is 2.65. The molecule has 0 atom stereocenters. The Labute approximate surface area is 129 Å². The lowest BCUT2D eigenvalue weighted by Crippen LogP contribution is -1.97. The standard InChI is InChI=1S/C12H11N5O2S2/c1-18-8-3-6-7(4-9(8)19-2)13-5-14-10(6)15-11-16-17-12(20)21-11/h3-5H,1-2H3,(H,17,20)(H,13,14,15,16). The molecule has 2 heterocycles. The van der Waals surface area contributed by atoms with Gasteiger partial charge in [0.2, 0.25) is 5.13 Å². The fraction of sp³-hybridized carbons (Fsp3) is 0.167. The van der Waals surface area contributed by atoms with Gasteiger partial charge in [-0.25, -0.2) is 9.97 Å². The topological polar surface area (TPSA) is 85.0 Å². The largest absolute Gasteiger partial charge is 0.493 e. The van der Waals surface area contributed by atoms with Gasteiger partial charge in [-0.05, 0) is 18.3 Å². The molecule has 0 bridgehead atoms. The van der Waals surface area contributed by atoms with Crippen LogP contribution >= 0.6 is 23.6 Å². The summed E-state index contributed by atoms with van der Waals surface area (Å²) in [6.45, 7) is 0. The van der Waals surface area contributed by atoms with Gasteiger partial charge < -0.3 is 14.8 Å². The maximum absolute atomic E-state index is 5.31. The Kier molecular flexibility index (Phi) is 3.67. The third-order valence-electron chi connectivity index (χ3n) is 2.80. The first-order valence-corrected chi connectivity index (χ1v) is 7.13. The maximum atomic E-state index is 5.31. The molecule has 0 radical (unpaired) electrons. The van der Waals surface area contributed by atoms with E-state index in [4.69, 9.17) is 21.7 Å². The molecular formula is C12H11N5O2S2. The SMILES string of the molecule is COc1cc2ncnc(Nc3n[nH]c(=S)s3)c2cc1OC. The molecule has 3 rings (SSSR count). The Morgan fingerprint density at radius 1 is 1.19 bits per heavy atom. The molecule has 0 unspecified atom stereocenters. The third-order valence-corrected chi connectivity index (χ3v) is 3.81. The first-order chi connectivity index (χ1) is 10.2. The van der Waals surface area contributed by atoms with Crippen molar-refractivity contribution in [2.45, 2.75) is 0 Å². The molecule has 7 nitrogen and oxygen atoms in total. The van der Waals surface area contributed by atoms with Crippen LogP contribution in [0, 0.1) is 3.95 Å². The molecule has 2 aromatic heterocycles. The lowest BCUT2D eigenvalue weighted by atomic mass is 10.2. The number of hydrogen-bond donors (Lipinski definition) is 2. The molecule has 0 fully saturated rings. The average molecular weight is 321 g/mol. The number of fused-ring (bicyclic) bond motifs is 1. The minimum atomic E-state index is 0.593. The molecule has 0 amide bonds. The van der Waals surface area contributed by atoms with E-state index in [1.54, 1.807) is 20.3 Å². The zero-order valence-electron chi connectivity index (χ0n) is 11.2. The second-order valence-electron chi connectivity index (χ2n) is 3.99. The number of anilines is 2. The molecule has 0 saturated carbocycles. The van der Waals surface area contributed by atoms with Crippen molar-refractivity contribution >= 4 is 45.4 Å². The van der Waals surface area contributed by atoms with Gasteiger partial charge in [-0.15, -0.1) is 5.10 Å². The van der Waals surface area contributed by atoms with E-state index in [1.807, 2.05) is 6.07 Å². The van der Waals surface area contributed by atoms with E-state index in [1.165, 1.54) is 17.7 Å². The Morgan fingerprint density at radius 3 is 2.62 bits per heavy atom. The molecule has 0 aliphatic rings. The van der Waals surface area contributed by atoms with E-state index in [9.17, 15) is 0 Å². The molecule has 21 heavy (non-hydrogen) atoms. The smallest absolute Gasteiger partial charge is 0.209 e. The van der Waals surface area contributed by atoms with E-state index in [0.717, 1.165) is 10.9 Å². The summed E-state index contributed by atoms with van der Waals surface area (Å²) in [7, 11) is 3.17. The van der Waals surface area contributed by atoms with Crippen LogP contribution in [0.4, 0.5) is 10.9 Å².